The molecule has 1 fully saturated rings. The van der Waals surface area contributed by atoms with Crippen LogP contribution in [-0.4, -0.2) is 21.8 Å². The molecule has 3 nitrogen and oxygen atoms in total. The summed E-state index contributed by atoms with van der Waals surface area (Å²) in [6.07, 6.45) is -0.685. The number of halogens is 3. The second-order valence-corrected chi connectivity index (χ2v) is 4.54. The van der Waals surface area contributed by atoms with Crippen molar-refractivity contribution in [1.82, 2.24) is 9.55 Å². The number of alkyl halides is 3. The van der Waals surface area contributed by atoms with Gasteiger partial charge < -0.3 is 9.88 Å². The first-order valence-corrected chi connectivity index (χ1v) is 5.81. The smallest absolute Gasteiger partial charge is 0.353 e. The average Bonchev–Trinajstić information content (AvgIpc) is 2.91. The maximum atomic E-state index is 12.0. The number of nitrogens with zero attached hydrogens (tertiary/aromatic N) is 2. The molecule has 1 aromatic rings. The lowest BCUT2D eigenvalue weighted by molar-refractivity contribution is -0.135. The zero-order valence-corrected chi connectivity index (χ0v) is 9.72. The molecular weight excluding hydrogens is 231 g/mol. The topological polar surface area (TPSA) is 29.9 Å². The minimum atomic E-state index is -4.07. The van der Waals surface area contributed by atoms with Gasteiger partial charge in [0.25, 0.3) is 0 Å². The van der Waals surface area contributed by atoms with Crippen LogP contribution in [0.15, 0.2) is 6.20 Å². The molecule has 0 radical (unpaired) electrons. The van der Waals surface area contributed by atoms with Gasteiger partial charge in [-0.25, -0.2) is 4.98 Å². The monoisotopic (exact) mass is 247 g/mol. The van der Waals surface area contributed by atoms with Crippen LogP contribution >= 0.6 is 0 Å². The molecule has 1 saturated carbocycles. The molecule has 96 valence electrons. The lowest BCUT2D eigenvalue weighted by Crippen LogP contribution is -2.12. The van der Waals surface area contributed by atoms with Crippen LogP contribution in [0.5, 0.6) is 0 Å². The summed E-state index contributed by atoms with van der Waals surface area (Å²) in [6, 6.07) is 0.457. The summed E-state index contributed by atoms with van der Waals surface area (Å²) in [6.45, 7) is 2.20. The Morgan fingerprint density at radius 1 is 1.47 bits per heavy atom. The number of nitrogens with one attached hydrogen (secondary N) is 1. The van der Waals surface area contributed by atoms with Crippen LogP contribution in [-0.2, 0) is 6.54 Å². The zero-order chi connectivity index (χ0) is 12.5. The molecule has 0 atom stereocenters. The van der Waals surface area contributed by atoms with Crippen molar-refractivity contribution >= 4 is 5.95 Å². The van der Waals surface area contributed by atoms with Crippen molar-refractivity contribution in [2.24, 2.45) is 0 Å². The summed E-state index contributed by atoms with van der Waals surface area (Å²) >= 11 is 0. The first kappa shape index (κ1) is 12.3. The number of hydrogen-bond acceptors (Lipinski definition) is 2. The summed E-state index contributed by atoms with van der Waals surface area (Å²) in [5.41, 5.74) is 0.833. The van der Waals surface area contributed by atoms with E-state index in [4.69, 9.17) is 0 Å². The summed E-state index contributed by atoms with van der Waals surface area (Å²) < 4.78 is 37.9. The molecule has 0 aromatic carbocycles. The molecule has 0 aliphatic heterocycles. The van der Waals surface area contributed by atoms with Gasteiger partial charge >= 0.3 is 6.18 Å². The predicted octanol–water partition coefficient (Wildman–Crippen LogP) is 3.11. The summed E-state index contributed by atoms with van der Waals surface area (Å²) in [5.74, 6) is 0.701. The fraction of sp³-hybridized carbons (Fsp3) is 0.727. The van der Waals surface area contributed by atoms with Gasteiger partial charge in [-0.3, -0.25) is 0 Å². The Morgan fingerprint density at radius 3 is 2.76 bits per heavy atom. The highest BCUT2D eigenvalue weighted by Crippen LogP contribution is 2.25. The molecule has 1 heterocycles. The van der Waals surface area contributed by atoms with Gasteiger partial charge in [-0.1, -0.05) is 0 Å². The minimum absolute atomic E-state index is 0.0959. The lowest BCUT2D eigenvalue weighted by Gasteiger charge is -2.10. The van der Waals surface area contributed by atoms with E-state index in [1.165, 1.54) is 0 Å². The molecule has 1 N–H and O–H groups in total. The van der Waals surface area contributed by atoms with E-state index in [-0.39, 0.29) is 6.42 Å². The third-order valence-electron chi connectivity index (χ3n) is 2.67. The maximum Gasteiger partial charge on any atom is 0.389 e. The van der Waals surface area contributed by atoms with E-state index < -0.39 is 12.6 Å². The number of aromatic nitrogens is 2. The minimum Gasteiger partial charge on any atom is -0.353 e. The Bertz CT molecular complexity index is 380. The van der Waals surface area contributed by atoms with Gasteiger partial charge in [-0.2, -0.15) is 13.2 Å². The van der Waals surface area contributed by atoms with Gasteiger partial charge in [0.15, 0.2) is 0 Å². The molecule has 0 bridgehead atoms. The Hall–Kier alpha value is -1.20. The Kier molecular flexibility index (Phi) is 3.31. The van der Waals surface area contributed by atoms with Crippen molar-refractivity contribution in [2.45, 2.75) is 51.4 Å². The summed E-state index contributed by atoms with van der Waals surface area (Å²) in [4.78, 5) is 4.28. The van der Waals surface area contributed by atoms with Gasteiger partial charge in [-0.15, -0.1) is 0 Å². The van der Waals surface area contributed by atoms with E-state index in [2.05, 4.69) is 10.3 Å². The molecule has 1 aliphatic carbocycles. The highest BCUT2D eigenvalue weighted by atomic mass is 19.4. The molecule has 2 rings (SSSR count). The van der Waals surface area contributed by atoms with E-state index in [9.17, 15) is 13.2 Å². The van der Waals surface area contributed by atoms with E-state index in [1.54, 1.807) is 10.8 Å². The van der Waals surface area contributed by atoms with Gasteiger partial charge in [0.2, 0.25) is 5.95 Å². The second-order valence-electron chi connectivity index (χ2n) is 4.54. The van der Waals surface area contributed by atoms with Crippen LogP contribution in [0.3, 0.4) is 0 Å². The molecule has 17 heavy (non-hydrogen) atoms. The highest BCUT2D eigenvalue weighted by molar-refractivity contribution is 5.32. The second kappa shape index (κ2) is 4.58. The molecule has 6 heteroatoms. The zero-order valence-electron chi connectivity index (χ0n) is 9.72. The van der Waals surface area contributed by atoms with Crippen molar-refractivity contribution in [3.8, 4) is 0 Å². The molecule has 0 saturated heterocycles. The largest absolute Gasteiger partial charge is 0.389 e. The van der Waals surface area contributed by atoms with Gasteiger partial charge in [0, 0.05) is 25.2 Å². The average molecular weight is 247 g/mol. The number of aryl methyl sites for hydroxylation is 2. The third-order valence-corrected chi connectivity index (χ3v) is 2.67. The van der Waals surface area contributed by atoms with Crippen molar-refractivity contribution in [1.29, 1.82) is 0 Å². The van der Waals surface area contributed by atoms with E-state index in [1.807, 2.05) is 6.92 Å². The summed E-state index contributed by atoms with van der Waals surface area (Å²) in [7, 11) is 0. The van der Waals surface area contributed by atoms with Crippen molar-refractivity contribution < 1.29 is 13.2 Å². The Balaban J connectivity index is 1.89. The van der Waals surface area contributed by atoms with Crippen LogP contribution in [0.4, 0.5) is 19.1 Å². The number of anilines is 1. The standard InChI is InChI=1S/C11H16F3N3/c1-8-7-17(6-2-5-11(12,13)14)10(15-8)16-9-3-4-9/h7,9H,2-6H2,1H3,(H,15,16). The SMILES string of the molecule is Cc1cn(CCCC(F)(F)F)c(NC2CC2)n1. The van der Waals surface area contributed by atoms with Gasteiger partial charge in [0.05, 0.1) is 5.69 Å². The van der Waals surface area contributed by atoms with Crippen molar-refractivity contribution in [3.63, 3.8) is 0 Å². The Morgan fingerprint density at radius 2 is 2.18 bits per heavy atom. The van der Waals surface area contributed by atoms with E-state index in [0.29, 0.717) is 18.5 Å². The normalized spacial score (nSPS) is 16.2. The fourth-order valence-corrected chi connectivity index (χ4v) is 1.69. The molecule has 0 amide bonds. The maximum absolute atomic E-state index is 12.0. The van der Waals surface area contributed by atoms with Crippen LogP contribution in [0.2, 0.25) is 0 Å². The number of hydrogen-bond donors (Lipinski definition) is 1. The fourth-order valence-electron chi connectivity index (χ4n) is 1.69. The molecular formula is C11H16F3N3. The summed E-state index contributed by atoms with van der Waals surface area (Å²) in [5, 5.41) is 3.22. The van der Waals surface area contributed by atoms with Crippen LogP contribution in [0.25, 0.3) is 0 Å². The quantitative estimate of drug-likeness (QED) is 0.866. The Labute approximate surface area is 98.0 Å². The van der Waals surface area contributed by atoms with Crippen molar-refractivity contribution in [3.05, 3.63) is 11.9 Å². The lowest BCUT2D eigenvalue weighted by atomic mass is 10.3. The molecule has 1 aliphatic rings. The number of imidazole rings is 1. The van der Waals surface area contributed by atoms with Crippen molar-refractivity contribution in [2.75, 3.05) is 5.32 Å². The van der Waals surface area contributed by atoms with Crippen LogP contribution in [0.1, 0.15) is 31.4 Å². The molecule has 1 aromatic heterocycles. The van der Waals surface area contributed by atoms with Crippen LogP contribution < -0.4 is 5.32 Å². The molecule has 0 spiro atoms. The first-order chi connectivity index (χ1) is 7.94. The van der Waals surface area contributed by atoms with E-state index in [0.717, 1.165) is 18.5 Å². The predicted molar refractivity (Wildman–Crippen MR) is 58.9 cm³/mol. The number of rotatable bonds is 5. The van der Waals surface area contributed by atoms with Gasteiger partial charge in [-0.05, 0) is 26.2 Å². The van der Waals surface area contributed by atoms with Crippen LogP contribution in [0, 0.1) is 6.92 Å². The third kappa shape index (κ3) is 3.94. The van der Waals surface area contributed by atoms with Gasteiger partial charge in [0.1, 0.15) is 0 Å². The highest BCUT2D eigenvalue weighted by Gasteiger charge is 2.27. The first-order valence-electron chi connectivity index (χ1n) is 5.81. The molecule has 0 unspecified atom stereocenters. The van der Waals surface area contributed by atoms with E-state index >= 15 is 0 Å².